The van der Waals surface area contributed by atoms with Crippen LogP contribution in [0, 0.1) is 6.92 Å². The van der Waals surface area contributed by atoms with Crippen LogP contribution in [0.3, 0.4) is 0 Å². The molecule has 2 aromatic carbocycles. The van der Waals surface area contributed by atoms with Crippen molar-refractivity contribution in [3.63, 3.8) is 0 Å². The number of fused-ring (bicyclic) bond motifs is 2. The van der Waals surface area contributed by atoms with Gasteiger partial charge >= 0.3 is 0 Å². The quantitative estimate of drug-likeness (QED) is 0.182. The number of hydrogen-bond donors (Lipinski definition) is 3. The van der Waals surface area contributed by atoms with E-state index in [0.717, 1.165) is 43.6 Å². The first-order valence-corrected chi connectivity index (χ1v) is 17.9. The average molecular weight is 677 g/mol. The van der Waals surface area contributed by atoms with Crippen molar-refractivity contribution in [3.8, 4) is 5.75 Å². The number of hydrogen-bond acceptors (Lipinski definition) is 11. The molecule has 2 aromatic heterocycles. The number of methoxy groups -OCH3 is 1. The molecule has 13 nitrogen and oxygen atoms in total. The molecule has 4 heterocycles. The SMILES string of the molecule is COCCN1CCC(N2Cc3cc(OC(C)C)c(Nc4nc(Nc5cc(C)ccc5S(=O)(=O)C(C)C)c5cn[nH]c5n4)cc3C2=O)CC1. The van der Waals surface area contributed by atoms with Gasteiger partial charge in [-0.05, 0) is 82.9 Å². The van der Waals surface area contributed by atoms with Gasteiger partial charge < -0.3 is 29.9 Å². The van der Waals surface area contributed by atoms with E-state index in [2.05, 4.69) is 30.7 Å². The van der Waals surface area contributed by atoms with E-state index < -0.39 is 15.1 Å². The maximum Gasteiger partial charge on any atom is 0.254 e. The Kier molecular flexibility index (Phi) is 9.59. The summed E-state index contributed by atoms with van der Waals surface area (Å²) in [6.07, 6.45) is 3.30. The third kappa shape index (κ3) is 6.82. The molecule has 0 saturated carbocycles. The minimum absolute atomic E-state index is 0.00474. The van der Waals surface area contributed by atoms with Gasteiger partial charge in [-0.25, -0.2) is 8.42 Å². The first-order valence-electron chi connectivity index (χ1n) is 16.4. The van der Waals surface area contributed by atoms with Crippen LogP contribution in [0.15, 0.2) is 41.4 Å². The Morgan fingerprint density at radius 2 is 1.81 bits per heavy atom. The van der Waals surface area contributed by atoms with Crippen LogP contribution in [0.1, 0.15) is 62.0 Å². The highest BCUT2D eigenvalue weighted by molar-refractivity contribution is 7.92. The second kappa shape index (κ2) is 13.7. The van der Waals surface area contributed by atoms with E-state index in [-0.39, 0.29) is 28.9 Å². The van der Waals surface area contributed by atoms with Gasteiger partial charge in [-0.2, -0.15) is 15.1 Å². The monoisotopic (exact) mass is 676 g/mol. The number of sulfone groups is 1. The van der Waals surface area contributed by atoms with Gasteiger partial charge in [0, 0.05) is 44.9 Å². The summed E-state index contributed by atoms with van der Waals surface area (Å²) in [5, 5.41) is 13.6. The lowest BCUT2D eigenvalue weighted by Gasteiger charge is -2.36. The molecule has 2 aliphatic heterocycles. The number of carbonyl (C=O) groups is 1. The standard InChI is InChI=1S/C34H44N8O5S/c1-20(2)47-29-16-23-19-42(24-9-11-41(12-10-24)13-14-46-6)33(43)25(23)17-27(29)37-34-38-31(26-18-35-40-32(26)39-34)36-28-15-22(5)7-8-30(28)48(44,45)21(3)4/h7-8,15-18,20-21,24H,9-14,19H2,1-6H3,(H3,35,36,37,38,39,40). The van der Waals surface area contributed by atoms with Crippen LogP contribution in [-0.2, 0) is 21.1 Å². The molecule has 0 spiro atoms. The topological polar surface area (TPSA) is 155 Å². The minimum Gasteiger partial charge on any atom is -0.489 e. The molecule has 0 bridgehead atoms. The lowest BCUT2D eigenvalue weighted by atomic mass is 10.0. The zero-order valence-corrected chi connectivity index (χ0v) is 29.1. The molecular weight excluding hydrogens is 632 g/mol. The largest absolute Gasteiger partial charge is 0.489 e. The van der Waals surface area contributed by atoms with E-state index in [1.54, 1.807) is 45.4 Å². The van der Waals surface area contributed by atoms with Crippen molar-refractivity contribution >= 4 is 49.9 Å². The number of aromatic amines is 1. The van der Waals surface area contributed by atoms with Crippen molar-refractivity contribution in [2.45, 2.75) is 76.3 Å². The number of nitrogens with zero attached hydrogens (tertiary/aromatic N) is 5. The minimum atomic E-state index is -3.60. The van der Waals surface area contributed by atoms with E-state index in [1.165, 1.54) is 0 Å². The van der Waals surface area contributed by atoms with Crippen LogP contribution >= 0.6 is 0 Å². The smallest absolute Gasteiger partial charge is 0.254 e. The van der Waals surface area contributed by atoms with Crippen LogP contribution < -0.4 is 15.4 Å². The fourth-order valence-electron chi connectivity index (χ4n) is 6.26. The summed E-state index contributed by atoms with van der Waals surface area (Å²) in [7, 11) is -1.88. The number of rotatable bonds is 12. The number of piperidine rings is 1. The van der Waals surface area contributed by atoms with Crippen LogP contribution in [0.2, 0.25) is 0 Å². The molecule has 48 heavy (non-hydrogen) atoms. The van der Waals surface area contributed by atoms with E-state index >= 15 is 0 Å². The fourth-order valence-corrected chi connectivity index (χ4v) is 7.44. The van der Waals surface area contributed by atoms with Crippen molar-refractivity contribution in [2.24, 2.45) is 0 Å². The molecule has 256 valence electrons. The molecule has 3 N–H and O–H groups in total. The van der Waals surface area contributed by atoms with Crippen LogP contribution in [0.25, 0.3) is 11.0 Å². The lowest BCUT2D eigenvalue weighted by molar-refractivity contribution is 0.0564. The predicted octanol–water partition coefficient (Wildman–Crippen LogP) is 5.18. The highest BCUT2D eigenvalue weighted by Gasteiger charge is 2.35. The van der Waals surface area contributed by atoms with Crippen LogP contribution in [0.4, 0.5) is 23.1 Å². The molecule has 2 aliphatic rings. The third-order valence-corrected chi connectivity index (χ3v) is 11.1. The normalized spacial score (nSPS) is 15.9. The van der Waals surface area contributed by atoms with Gasteiger partial charge in [-0.3, -0.25) is 9.89 Å². The Balaban J connectivity index is 1.31. The maximum absolute atomic E-state index is 13.8. The molecular formula is C34H44N8O5S. The average Bonchev–Trinajstić information content (AvgIpc) is 3.64. The fraction of sp³-hybridized carbons (Fsp3) is 0.471. The summed E-state index contributed by atoms with van der Waals surface area (Å²) in [4.78, 5) is 27.7. The number of anilines is 4. The van der Waals surface area contributed by atoms with Crippen molar-refractivity contribution in [2.75, 3.05) is 44.0 Å². The zero-order chi connectivity index (χ0) is 34.2. The summed E-state index contributed by atoms with van der Waals surface area (Å²) in [6, 6.07) is 9.11. The highest BCUT2D eigenvalue weighted by Crippen LogP contribution is 2.38. The van der Waals surface area contributed by atoms with Crippen LogP contribution in [-0.4, -0.2) is 95.0 Å². The Bertz CT molecular complexity index is 1920. The van der Waals surface area contributed by atoms with Crippen LogP contribution in [0.5, 0.6) is 5.75 Å². The number of amides is 1. The Labute approximate surface area is 281 Å². The Hall–Kier alpha value is -4.27. The molecule has 0 unspecified atom stereocenters. The predicted molar refractivity (Wildman–Crippen MR) is 185 cm³/mol. The molecule has 1 amide bonds. The van der Waals surface area contributed by atoms with Crippen molar-refractivity contribution in [1.29, 1.82) is 0 Å². The van der Waals surface area contributed by atoms with Gasteiger partial charge in [0.25, 0.3) is 5.91 Å². The zero-order valence-electron chi connectivity index (χ0n) is 28.3. The summed E-state index contributed by atoms with van der Waals surface area (Å²) >= 11 is 0. The van der Waals surface area contributed by atoms with E-state index in [4.69, 9.17) is 14.5 Å². The molecule has 4 aromatic rings. The number of nitrogens with one attached hydrogen (secondary N) is 3. The van der Waals surface area contributed by atoms with E-state index in [0.29, 0.717) is 52.7 Å². The van der Waals surface area contributed by atoms with Gasteiger partial charge in [0.05, 0.1) is 45.8 Å². The van der Waals surface area contributed by atoms with E-state index in [9.17, 15) is 13.2 Å². The number of carbonyl (C=O) groups excluding carboxylic acids is 1. The lowest BCUT2D eigenvalue weighted by Crippen LogP contribution is -2.45. The number of ether oxygens (including phenoxy) is 2. The molecule has 0 aliphatic carbocycles. The second-order valence-corrected chi connectivity index (χ2v) is 15.5. The summed E-state index contributed by atoms with van der Waals surface area (Å²) in [6.45, 7) is 13.1. The van der Waals surface area contributed by atoms with Gasteiger partial charge in [0.1, 0.15) is 11.6 Å². The van der Waals surface area contributed by atoms with Gasteiger partial charge in [-0.1, -0.05) is 6.07 Å². The Morgan fingerprint density at radius 3 is 2.52 bits per heavy atom. The molecule has 14 heteroatoms. The van der Waals surface area contributed by atoms with Crippen molar-refractivity contribution < 1.29 is 22.7 Å². The number of H-pyrrole nitrogens is 1. The molecule has 6 rings (SSSR count). The van der Waals surface area contributed by atoms with Gasteiger partial charge in [0.2, 0.25) is 5.95 Å². The van der Waals surface area contributed by atoms with Gasteiger partial charge in [-0.15, -0.1) is 0 Å². The summed E-state index contributed by atoms with van der Waals surface area (Å²) in [5.41, 5.74) is 3.85. The second-order valence-electron chi connectivity index (χ2n) is 13.0. The first kappa shape index (κ1) is 33.6. The number of benzene rings is 2. The van der Waals surface area contributed by atoms with E-state index in [1.807, 2.05) is 37.8 Å². The summed E-state index contributed by atoms with van der Waals surface area (Å²) < 4.78 is 38.0. The number of likely N-dealkylation sites (tertiary alicyclic amines) is 1. The first-order chi connectivity index (χ1) is 22.9. The Morgan fingerprint density at radius 1 is 1.04 bits per heavy atom. The third-order valence-electron chi connectivity index (χ3n) is 8.88. The van der Waals surface area contributed by atoms with Gasteiger partial charge in [0.15, 0.2) is 15.5 Å². The summed E-state index contributed by atoms with van der Waals surface area (Å²) in [5.74, 6) is 1.17. The number of aromatic nitrogens is 4. The van der Waals surface area contributed by atoms with Crippen molar-refractivity contribution in [1.82, 2.24) is 30.0 Å². The molecule has 1 saturated heterocycles. The highest BCUT2D eigenvalue weighted by atomic mass is 32.2. The number of aryl methyl sites for hydroxylation is 1. The maximum atomic E-state index is 13.8. The molecule has 0 radical (unpaired) electrons. The van der Waals surface area contributed by atoms with Crippen molar-refractivity contribution in [3.05, 3.63) is 53.2 Å². The molecule has 1 fully saturated rings. The molecule has 0 atom stereocenters.